The van der Waals surface area contributed by atoms with Crippen molar-refractivity contribution in [2.24, 2.45) is 0 Å². The minimum absolute atomic E-state index is 0.00542. The van der Waals surface area contributed by atoms with E-state index in [1.54, 1.807) is 25.1 Å². The summed E-state index contributed by atoms with van der Waals surface area (Å²) < 4.78 is 32.4. The van der Waals surface area contributed by atoms with Crippen molar-refractivity contribution in [1.82, 2.24) is 9.71 Å². The second-order valence-electron chi connectivity index (χ2n) is 5.19. The molecule has 0 aliphatic rings. The Kier molecular flexibility index (Phi) is 4.08. The van der Waals surface area contributed by atoms with Gasteiger partial charge in [0.1, 0.15) is 5.52 Å². The van der Waals surface area contributed by atoms with Crippen LogP contribution in [0.2, 0.25) is 0 Å². The zero-order valence-electron chi connectivity index (χ0n) is 12.7. The molecule has 3 aromatic rings. The number of oxazole rings is 1. The summed E-state index contributed by atoms with van der Waals surface area (Å²) in [5.41, 5.74) is 2.07. The van der Waals surface area contributed by atoms with Crippen molar-refractivity contribution in [2.45, 2.75) is 18.4 Å². The van der Waals surface area contributed by atoms with Gasteiger partial charge in [0, 0.05) is 13.5 Å². The van der Waals surface area contributed by atoms with Crippen molar-refractivity contribution in [3.05, 3.63) is 59.5 Å². The molecule has 2 aromatic carbocycles. The van der Waals surface area contributed by atoms with Crippen molar-refractivity contribution in [2.75, 3.05) is 0 Å². The number of carbonyl (C=O) groups is 1. The predicted octanol–water partition coefficient (Wildman–Crippen LogP) is 2.31. The van der Waals surface area contributed by atoms with E-state index in [0.717, 1.165) is 5.56 Å². The van der Waals surface area contributed by atoms with Crippen LogP contribution in [0.4, 0.5) is 0 Å². The molecule has 0 spiro atoms. The molecule has 0 aliphatic heterocycles. The molecule has 0 amide bonds. The summed E-state index contributed by atoms with van der Waals surface area (Å²) in [5, 5.41) is 8.84. The number of aromatic carboxylic acids is 1. The Morgan fingerprint density at radius 3 is 2.58 bits per heavy atom. The number of aryl methyl sites for hydroxylation is 1. The van der Waals surface area contributed by atoms with Gasteiger partial charge >= 0.3 is 5.97 Å². The maximum atomic E-state index is 12.3. The molecule has 7 nitrogen and oxygen atoms in total. The Balaban J connectivity index is 1.77. The number of hydrogen-bond donors (Lipinski definition) is 2. The Bertz CT molecular complexity index is 1010. The quantitative estimate of drug-likeness (QED) is 0.734. The topological polar surface area (TPSA) is 110 Å². The fourth-order valence-electron chi connectivity index (χ4n) is 2.24. The van der Waals surface area contributed by atoms with Gasteiger partial charge in [-0.05, 0) is 42.0 Å². The van der Waals surface area contributed by atoms with Gasteiger partial charge in [-0.1, -0.05) is 6.07 Å². The first-order valence-electron chi connectivity index (χ1n) is 7.04. The largest absolute Gasteiger partial charge is 0.478 e. The third-order valence-corrected chi connectivity index (χ3v) is 4.85. The lowest BCUT2D eigenvalue weighted by molar-refractivity contribution is 0.0696. The lowest BCUT2D eigenvalue weighted by Crippen LogP contribution is -2.23. The molecule has 0 saturated carbocycles. The van der Waals surface area contributed by atoms with Crippen LogP contribution in [0.1, 0.15) is 21.8 Å². The van der Waals surface area contributed by atoms with Crippen molar-refractivity contribution in [3.63, 3.8) is 0 Å². The van der Waals surface area contributed by atoms with E-state index in [4.69, 9.17) is 9.52 Å². The van der Waals surface area contributed by atoms with Gasteiger partial charge < -0.3 is 9.52 Å². The lowest BCUT2D eigenvalue weighted by Gasteiger charge is -2.07. The fourth-order valence-corrected chi connectivity index (χ4v) is 3.25. The normalized spacial score (nSPS) is 11.7. The molecule has 3 rings (SSSR count). The summed E-state index contributed by atoms with van der Waals surface area (Å²) in [4.78, 5) is 15.0. The molecule has 0 aliphatic carbocycles. The number of carboxylic acid groups (broad SMARTS) is 1. The SMILES string of the molecule is Cc1nc2cc(CNS(=O)(=O)c3ccc(C(=O)O)cc3)ccc2o1. The maximum Gasteiger partial charge on any atom is 0.335 e. The minimum atomic E-state index is -3.74. The Morgan fingerprint density at radius 1 is 1.21 bits per heavy atom. The Labute approximate surface area is 138 Å². The lowest BCUT2D eigenvalue weighted by atomic mass is 10.2. The molecule has 2 N–H and O–H groups in total. The van der Waals surface area contributed by atoms with Crippen LogP contribution < -0.4 is 4.72 Å². The molecule has 24 heavy (non-hydrogen) atoms. The zero-order chi connectivity index (χ0) is 17.3. The number of carboxylic acids is 1. The van der Waals surface area contributed by atoms with Gasteiger partial charge in [-0.2, -0.15) is 0 Å². The Hall–Kier alpha value is -2.71. The van der Waals surface area contributed by atoms with Crippen LogP contribution >= 0.6 is 0 Å². The van der Waals surface area contributed by atoms with Crippen molar-refractivity contribution < 1.29 is 22.7 Å². The van der Waals surface area contributed by atoms with Crippen LogP contribution in [0.25, 0.3) is 11.1 Å². The summed E-state index contributed by atoms with van der Waals surface area (Å²) in [7, 11) is -3.74. The van der Waals surface area contributed by atoms with E-state index in [2.05, 4.69) is 9.71 Å². The van der Waals surface area contributed by atoms with Crippen LogP contribution in [0.15, 0.2) is 51.8 Å². The van der Waals surface area contributed by atoms with E-state index in [1.165, 1.54) is 24.3 Å². The molecular weight excluding hydrogens is 332 g/mol. The van der Waals surface area contributed by atoms with E-state index in [0.29, 0.717) is 17.0 Å². The predicted molar refractivity (Wildman–Crippen MR) is 86.2 cm³/mol. The van der Waals surface area contributed by atoms with Gasteiger partial charge in [0.15, 0.2) is 11.5 Å². The van der Waals surface area contributed by atoms with Gasteiger partial charge in [-0.15, -0.1) is 0 Å². The molecule has 0 bridgehead atoms. The maximum absolute atomic E-state index is 12.3. The van der Waals surface area contributed by atoms with E-state index in [9.17, 15) is 13.2 Å². The molecular formula is C16H14N2O5S. The second kappa shape index (κ2) is 6.06. The molecule has 8 heteroatoms. The van der Waals surface area contributed by atoms with Crippen LogP contribution in [0.3, 0.4) is 0 Å². The number of nitrogens with zero attached hydrogens (tertiary/aromatic N) is 1. The molecule has 0 fully saturated rings. The number of rotatable bonds is 5. The van der Waals surface area contributed by atoms with Crippen molar-refractivity contribution in [1.29, 1.82) is 0 Å². The molecule has 0 atom stereocenters. The minimum Gasteiger partial charge on any atom is -0.478 e. The van der Waals surface area contributed by atoms with Crippen LogP contribution in [0, 0.1) is 6.92 Å². The fraction of sp³-hybridized carbons (Fsp3) is 0.125. The van der Waals surface area contributed by atoms with Crippen LogP contribution in [-0.2, 0) is 16.6 Å². The third-order valence-electron chi connectivity index (χ3n) is 3.44. The standard InChI is InChI=1S/C16H14N2O5S/c1-10-18-14-8-11(2-7-15(14)23-10)9-17-24(21,22)13-5-3-12(4-6-13)16(19)20/h2-8,17H,9H2,1H3,(H,19,20). The highest BCUT2D eigenvalue weighted by atomic mass is 32.2. The van der Waals surface area contributed by atoms with Gasteiger partial charge in [-0.3, -0.25) is 0 Å². The molecule has 0 saturated heterocycles. The number of fused-ring (bicyclic) bond motifs is 1. The highest BCUT2D eigenvalue weighted by molar-refractivity contribution is 7.89. The van der Waals surface area contributed by atoms with Gasteiger partial charge in [0.25, 0.3) is 0 Å². The molecule has 0 radical (unpaired) electrons. The first kappa shape index (κ1) is 16.2. The number of aromatic nitrogens is 1. The molecule has 1 aromatic heterocycles. The zero-order valence-corrected chi connectivity index (χ0v) is 13.5. The van der Waals surface area contributed by atoms with E-state index < -0.39 is 16.0 Å². The van der Waals surface area contributed by atoms with Gasteiger partial charge in [0.2, 0.25) is 10.0 Å². The monoisotopic (exact) mass is 346 g/mol. The van der Waals surface area contributed by atoms with Crippen LogP contribution in [-0.4, -0.2) is 24.5 Å². The van der Waals surface area contributed by atoms with E-state index in [-0.39, 0.29) is 17.0 Å². The van der Waals surface area contributed by atoms with Gasteiger partial charge in [0.05, 0.1) is 10.5 Å². The van der Waals surface area contributed by atoms with Crippen LogP contribution in [0.5, 0.6) is 0 Å². The van der Waals surface area contributed by atoms with Crippen molar-refractivity contribution in [3.8, 4) is 0 Å². The summed E-state index contributed by atoms with van der Waals surface area (Å²) in [6.07, 6.45) is 0. The molecule has 124 valence electrons. The first-order valence-corrected chi connectivity index (χ1v) is 8.52. The second-order valence-corrected chi connectivity index (χ2v) is 6.96. The summed E-state index contributed by atoms with van der Waals surface area (Å²) in [6, 6.07) is 10.3. The average Bonchev–Trinajstić information content (AvgIpc) is 2.92. The summed E-state index contributed by atoms with van der Waals surface area (Å²) in [5.74, 6) is -0.565. The summed E-state index contributed by atoms with van der Waals surface area (Å²) >= 11 is 0. The molecule has 0 unspecified atom stereocenters. The number of benzene rings is 2. The highest BCUT2D eigenvalue weighted by Gasteiger charge is 2.15. The number of sulfonamides is 1. The molecule has 1 heterocycles. The van der Waals surface area contributed by atoms with E-state index >= 15 is 0 Å². The van der Waals surface area contributed by atoms with E-state index in [1.807, 2.05) is 0 Å². The average molecular weight is 346 g/mol. The number of nitrogens with one attached hydrogen (secondary N) is 1. The van der Waals surface area contributed by atoms with Gasteiger partial charge in [-0.25, -0.2) is 22.9 Å². The van der Waals surface area contributed by atoms with Crippen molar-refractivity contribution >= 4 is 27.1 Å². The number of hydrogen-bond acceptors (Lipinski definition) is 5. The Morgan fingerprint density at radius 2 is 1.92 bits per heavy atom. The highest BCUT2D eigenvalue weighted by Crippen LogP contribution is 2.17. The first-order chi connectivity index (χ1) is 11.3. The summed E-state index contributed by atoms with van der Waals surface area (Å²) in [6.45, 7) is 1.83. The third kappa shape index (κ3) is 3.29. The smallest absolute Gasteiger partial charge is 0.335 e.